The van der Waals surface area contributed by atoms with Gasteiger partial charge in [-0.2, -0.15) is 13.2 Å². The van der Waals surface area contributed by atoms with Crippen LogP contribution in [0.3, 0.4) is 0 Å². The molecule has 1 atom stereocenters. The Kier molecular flexibility index (Phi) is 3.03. The van der Waals surface area contributed by atoms with E-state index in [0.29, 0.717) is 32.1 Å². The van der Waals surface area contributed by atoms with Crippen molar-refractivity contribution in [2.45, 2.75) is 44.3 Å². The molecule has 2 saturated carbocycles. The van der Waals surface area contributed by atoms with E-state index in [1.54, 1.807) is 0 Å². The second kappa shape index (κ2) is 4.13. The smallest absolute Gasteiger partial charge is 0.471 e. The van der Waals surface area contributed by atoms with Crippen LogP contribution < -0.4 is 5.32 Å². The maximum atomic E-state index is 12.1. The molecule has 2 fully saturated rings. The summed E-state index contributed by atoms with van der Waals surface area (Å²) in [6.45, 7) is 0. The van der Waals surface area contributed by atoms with Crippen LogP contribution in [0.5, 0.6) is 0 Å². The largest absolute Gasteiger partial charge is 0.481 e. The zero-order valence-corrected chi connectivity index (χ0v) is 9.59. The van der Waals surface area contributed by atoms with Gasteiger partial charge in [-0.05, 0) is 37.5 Å². The normalized spacial score (nSPS) is 35.3. The van der Waals surface area contributed by atoms with Crippen molar-refractivity contribution in [3.05, 3.63) is 0 Å². The summed E-state index contributed by atoms with van der Waals surface area (Å²) in [6.07, 6.45) is -2.20. The topological polar surface area (TPSA) is 66.4 Å². The number of alkyl halides is 3. The average molecular weight is 265 g/mol. The Labute approximate surface area is 102 Å². The van der Waals surface area contributed by atoms with Gasteiger partial charge in [-0.1, -0.05) is 0 Å². The summed E-state index contributed by atoms with van der Waals surface area (Å²) in [5.74, 6) is -3.14. The molecule has 0 heterocycles. The van der Waals surface area contributed by atoms with Gasteiger partial charge in [0.05, 0.1) is 5.92 Å². The average Bonchev–Trinajstić information content (AvgIpc) is 2.90. The Morgan fingerprint density at radius 1 is 1.22 bits per heavy atom. The van der Waals surface area contributed by atoms with Gasteiger partial charge < -0.3 is 10.4 Å². The van der Waals surface area contributed by atoms with E-state index in [9.17, 15) is 22.8 Å². The first kappa shape index (κ1) is 13.2. The van der Waals surface area contributed by atoms with Crippen LogP contribution >= 0.6 is 0 Å². The van der Waals surface area contributed by atoms with Crippen molar-refractivity contribution in [3.8, 4) is 0 Å². The highest BCUT2D eigenvalue weighted by Crippen LogP contribution is 2.57. The molecule has 0 saturated heterocycles. The molecule has 102 valence electrons. The Morgan fingerprint density at radius 2 is 1.78 bits per heavy atom. The molecular weight excluding hydrogens is 251 g/mol. The number of carboxylic acid groups (broad SMARTS) is 1. The number of rotatable bonds is 2. The van der Waals surface area contributed by atoms with Crippen LogP contribution in [0.2, 0.25) is 0 Å². The number of carbonyl (C=O) groups is 2. The Balaban J connectivity index is 1.85. The van der Waals surface area contributed by atoms with Gasteiger partial charge in [0.25, 0.3) is 0 Å². The third kappa shape index (κ3) is 2.44. The second-order valence-electron chi connectivity index (χ2n) is 5.20. The van der Waals surface area contributed by atoms with Gasteiger partial charge >= 0.3 is 18.1 Å². The zero-order valence-electron chi connectivity index (χ0n) is 9.59. The monoisotopic (exact) mass is 265 g/mol. The van der Waals surface area contributed by atoms with Gasteiger partial charge in [0.15, 0.2) is 0 Å². The number of carboxylic acids is 1. The fourth-order valence-corrected chi connectivity index (χ4v) is 2.78. The van der Waals surface area contributed by atoms with Gasteiger partial charge in [-0.3, -0.25) is 9.59 Å². The molecule has 0 bridgehead atoms. The van der Waals surface area contributed by atoms with Crippen molar-refractivity contribution in [2.24, 2.45) is 11.3 Å². The summed E-state index contributed by atoms with van der Waals surface area (Å²) in [5.41, 5.74) is -0.285. The van der Waals surface area contributed by atoms with Crippen molar-refractivity contribution < 1.29 is 27.9 Å². The molecule has 2 rings (SSSR count). The number of halogens is 3. The predicted molar refractivity (Wildman–Crippen MR) is 54.6 cm³/mol. The molecule has 2 N–H and O–H groups in total. The van der Waals surface area contributed by atoms with Crippen LogP contribution in [-0.2, 0) is 9.59 Å². The van der Waals surface area contributed by atoms with Crippen molar-refractivity contribution in [1.82, 2.24) is 5.32 Å². The number of aliphatic carboxylic acids is 1. The summed E-state index contributed by atoms with van der Waals surface area (Å²) < 4.78 is 36.2. The van der Waals surface area contributed by atoms with E-state index in [-0.39, 0.29) is 5.41 Å². The Bertz CT molecular complexity index is 372. The standard InChI is InChI=1S/C11H14F3NO3/c12-11(13,14)9(18)15-7-5-10(7)3-1-6(2-4-10)8(16)17/h6-7H,1-5H2,(H,15,18)(H,16,17). The summed E-state index contributed by atoms with van der Waals surface area (Å²) in [7, 11) is 0. The highest BCUT2D eigenvalue weighted by molar-refractivity contribution is 5.82. The molecule has 4 nitrogen and oxygen atoms in total. The Hall–Kier alpha value is -1.27. The van der Waals surface area contributed by atoms with Gasteiger partial charge in [0.1, 0.15) is 0 Å². The van der Waals surface area contributed by atoms with E-state index in [4.69, 9.17) is 5.11 Å². The molecule has 1 spiro atoms. The third-order valence-corrected chi connectivity index (χ3v) is 4.08. The lowest BCUT2D eigenvalue weighted by Gasteiger charge is -2.27. The predicted octanol–water partition coefficient (Wildman–Crippen LogP) is 1.70. The van der Waals surface area contributed by atoms with E-state index < -0.39 is 30.0 Å². The minimum absolute atomic E-state index is 0.285. The third-order valence-electron chi connectivity index (χ3n) is 4.08. The Morgan fingerprint density at radius 3 is 2.22 bits per heavy atom. The zero-order chi connectivity index (χ0) is 13.6. The van der Waals surface area contributed by atoms with Crippen molar-refractivity contribution in [3.63, 3.8) is 0 Å². The highest BCUT2D eigenvalue weighted by atomic mass is 19.4. The molecule has 2 aliphatic rings. The van der Waals surface area contributed by atoms with Crippen LogP contribution in [-0.4, -0.2) is 29.2 Å². The quantitative estimate of drug-likeness (QED) is 0.798. The molecule has 0 aromatic carbocycles. The first-order valence-electron chi connectivity index (χ1n) is 5.85. The van der Waals surface area contributed by atoms with Crippen molar-refractivity contribution >= 4 is 11.9 Å². The van der Waals surface area contributed by atoms with E-state index in [2.05, 4.69) is 0 Å². The first-order chi connectivity index (χ1) is 8.24. The molecular formula is C11H14F3NO3. The molecule has 0 radical (unpaired) electrons. The van der Waals surface area contributed by atoms with Gasteiger partial charge in [-0.15, -0.1) is 0 Å². The van der Waals surface area contributed by atoms with Gasteiger partial charge in [-0.25, -0.2) is 0 Å². The van der Waals surface area contributed by atoms with Crippen LogP contribution in [0, 0.1) is 11.3 Å². The lowest BCUT2D eigenvalue weighted by molar-refractivity contribution is -0.174. The molecule has 18 heavy (non-hydrogen) atoms. The molecule has 0 aromatic rings. The fourth-order valence-electron chi connectivity index (χ4n) is 2.78. The van der Waals surface area contributed by atoms with Crippen LogP contribution in [0.15, 0.2) is 0 Å². The van der Waals surface area contributed by atoms with Crippen molar-refractivity contribution in [1.29, 1.82) is 0 Å². The number of amides is 1. The van der Waals surface area contributed by atoms with Crippen molar-refractivity contribution in [2.75, 3.05) is 0 Å². The minimum atomic E-state index is -4.85. The van der Waals surface area contributed by atoms with Gasteiger partial charge in [0, 0.05) is 6.04 Å². The lowest BCUT2D eigenvalue weighted by Crippen LogP contribution is -2.40. The van der Waals surface area contributed by atoms with E-state index >= 15 is 0 Å². The molecule has 2 aliphatic carbocycles. The molecule has 7 heteroatoms. The maximum Gasteiger partial charge on any atom is 0.471 e. The maximum absolute atomic E-state index is 12.1. The summed E-state index contributed by atoms with van der Waals surface area (Å²) >= 11 is 0. The van der Waals surface area contributed by atoms with Crippen LogP contribution in [0.25, 0.3) is 0 Å². The van der Waals surface area contributed by atoms with Crippen LogP contribution in [0.1, 0.15) is 32.1 Å². The molecule has 0 aliphatic heterocycles. The summed E-state index contributed by atoms with van der Waals surface area (Å²) in [4.78, 5) is 21.5. The fraction of sp³-hybridized carbons (Fsp3) is 0.818. The lowest BCUT2D eigenvalue weighted by atomic mass is 9.79. The number of nitrogens with one attached hydrogen (secondary N) is 1. The highest BCUT2D eigenvalue weighted by Gasteiger charge is 2.57. The molecule has 0 aromatic heterocycles. The van der Waals surface area contributed by atoms with E-state index in [1.165, 1.54) is 0 Å². The van der Waals surface area contributed by atoms with Gasteiger partial charge in [0.2, 0.25) is 0 Å². The number of hydrogen-bond acceptors (Lipinski definition) is 2. The summed E-state index contributed by atoms with van der Waals surface area (Å²) in [5, 5.41) is 10.8. The summed E-state index contributed by atoms with van der Waals surface area (Å²) in [6, 6.07) is -0.443. The number of carbonyl (C=O) groups excluding carboxylic acids is 1. The first-order valence-corrected chi connectivity index (χ1v) is 5.85. The van der Waals surface area contributed by atoms with Crippen LogP contribution in [0.4, 0.5) is 13.2 Å². The second-order valence-corrected chi connectivity index (χ2v) is 5.20. The van der Waals surface area contributed by atoms with E-state index in [0.717, 1.165) is 0 Å². The SMILES string of the molecule is O=C(O)C1CCC2(CC1)CC2NC(=O)C(F)(F)F. The van der Waals surface area contributed by atoms with E-state index in [1.807, 2.05) is 5.32 Å². The number of hydrogen-bond donors (Lipinski definition) is 2. The minimum Gasteiger partial charge on any atom is -0.481 e. The molecule has 1 amide bonds. The molecule has 1 unspecified atom stereocenters.